The highest BCUT2D eigenvalue weighted by Crippen LogP contribution is 2.39. The first-order chi connectivity index (χ1) is 7.58. The molecule has 2 N–H and O–H groups in total. The van der Waals surface area contributed by atoms with Gasteiger partial charge in [-0.1, -0.05) is 6.92 Å². The van der Waals surface area contributed by atoms with E-state index < -0.39 is 11.9 Å². The van der Waals surface area contributed by atoms with Crippen molar-refractivity contribution in [2.24, 2.45) is 17.8 Å². The average Bonchev–Trinajstić information content (AvgIpc) is 3.01. The SMILES string of the molecule is CC1CCC(NC(=O)C2CC2C(=O)O)CC1. The third kappa shape index (κ3) is 2.54. The molecule has 0 aliphatic heterocycles. The summed E-state index contributed by atoms with van der Waals surface area (Å²) in [5.41, 5.74) is 0. The molecule has 16 heavy (non-hydrogen) atoms. The molecule has 2 aliphatic rings. The molecule has 0 bridgehead atoms. The largest absolute Gasteiger partial charge is 0.481 e. The second kappa shape index (κ2) is 4.44. The Kier molecular flexibility index (Phi) is 3.17. The number of carbonyl (C=O) groups excluding carboxylic acids is 1. The van der Waals surface area contributed by atoms with Gasteiger partial charge < -0.3 is 10.4 Å². The molecule has 0 aromatic heterocycles. The van der Waals surface area contributed by atoms with Gasteiger partial charge in [-0.3, -0.25) is 9.59 Å². The van der Waals surface area contributed by atoms with Gasteiger partial charge in [-0.15, -0.1) is 0 Å². The molecule has 1 amide bonds. The van der Waals surface area contributed by atoms with Gasteiger partial charge in [-0.2, -0.15) is 0 Å². The van der Waals surface area contributed by atoms with E-state index in [9.17, 15) is 9.59 Å². The Morgan fingerprint density at radius 3 is 2.25 bits per heavy atom. The highest BCUT2D eigenvalue weighted by atomic mass is 16.4. The van der Waals surface area contributed by atoms with Crippen LogP contribution in [-0.2, 0) is 9.59 Å². The quantitative estimate of drug-likeness (QED) is 0.763. The summed E-state index contributed by atoms with van der Waals surface area (Å²) in [6.07, 6.45) is 4.93. The van der Waals surface area contributed by atoms with Gasteiger partial charge in [0.2, 0.25) is 5.91 Å². The molecule has 2 unspecified atom stereocenters. The molecule has 4 heteroatoms. The molecular weight excluding hydrogens is 206 g/mol. The van der Waals surface area contributed by atoms with Crippen LogP contribution in [0.3, 0.4) is 0 Å². The van der Waals surface area contributed by atoms with Crippen molar-refractivity contribution < 1.29 is 14.7 Å². The van der Waals surface area contributed by atoms with Crippen LogP contribution in [0.5, 0.6) is 0 Å². The Hall–Kier alpha value is -1.06. The van der Waals surface area contributed by atoms with E-state index in [4.69, 9.17) is 5.11 Å². The summed E-state index contributed by atoms with van der Waals surface area (Å²) in [4.78, 5) is 22.3. The maximum Gasteiger partial charge on any atom is 0.307 e. The van der Waals surface area contributed by atoms with Gasteiger partial charge in [-0.05, 0) is 38.0 Å². The van der Waals surface area contributed by atoms with Crippen LogP contribution in [0.2, 0.25) is 0 Å². The van der Waals surface area contributed by atoms with Gasteiger partial charge in [0.1, 0.15) is 0 Å². The van der Waals surface area contributed by atoms with Crippen LogP contribution in [0.25, 0.3) is 0 Å². The predicted octanol–water partition coefficient (Wildman–Crippen LogP) is 1.40. The molecule has 0 spiro atoms. The zero-order chi connectivity index (χ0) is 11.7. The van der Waals surface area contributed by atoms with Crippen LogP contribution in [0.1, 0.15) is 39.0 Å². The zero-order valence-electron chi connectivity index (χ0n) is 9.61. The molecule has 0 heterocycles. The van der Waals surface area contributed by atoms with E-state index in [2.05, 4.69) is 12.2 Å². The van der Waals surface area contributed by atoms with Gasteiger partial charge in [0.05, 0.1) is 11.8 Å². The minimum Gasteiger partial charge on any atom is -0.481 e. The number of aliphatic carboxylic acids is 1. The molecule has 0 saturated heterocycles. The van der Waals surface area contributed by atoms with E-state index in [0.29, 0.717) is 6.42 Å². The first-order valence-electron chi connectivity index (χ1n) is 6.11. The van der Waals surface area contributed by atoms with Gasteiger partial charge in [0.15, 0.2) is 0 Å². The number of hydrogen-bond acceptors (Lipinski definition) is 2. The minimum atomic E-state index is -0.836. The Balaban J connectivity index is 1.74. The van der Waals surface area contributed by atoms with Crippen LogP contribution in [0, 0.1) is 17.8 Å². The average molecular weight is 225 g/mol. The lowest BCUT2D eigenvalue weighted by Gasteiger charge is -2.26. The van der Waals surface area contributed by atoms with E-state index in [1.54, 1.807) is 0 Å². The number of rotatable bonds is 3. The number of carboxylic acids is 1. The van der Waals surface area contributed by atoms with Crippen LogP contribution < -0.4 is 5.32 Å². The second-order valence-corrected chi connectivity index (χ2v) is 5.25. The van der Waals surface area contributed by atoms with Gasteiger partial charge in [0.25, 0.3) is 0 Å². The van der Waals surface area contributed by atoms with Crippen molar-refractivity contribution >= 4 is 11.9 Å². The van der Waals surface area contributed by atoms with Crippen LogP contribution in [0.15, 0.2) is 0 Å². The summed E-state index contributed by atoms with van der Waals surface area (Å²) in [6.45, 7) is 2.24. The zero-order valence-corrected chi connectivity index (χ0v) is 9.61. The van der Waals surface area contributed by atoms with Crippen LogP contribution in [0.4, 0.5) is 0 Å². The van der Waals surface area contributed by atoms with E-state index in [1.807, 2.05) is 0 Å². The van der Waals surface area contributed by atoms with Gasteiger partial charge in [-0.25, -0.2) is 0 Å². The van der Waals surface area contributed by atoms with Crippen molar-refractivity contribution in [3.8, 4) is 0 Å². The molecule has 2 fully saturated rings. The molecular formula is C12H19NO3. The number of carbonyl (C=O) groups is 2. The van der Waals surface area contributed by atoms with E-state index in [1.165, 1.54) is 0 Å². The lowest BCUT2D eigenvalue weighted by atomic mass is 9.87. The van der Waals surface area contributed by atoms with E-state index >= 15 is 0 Å². The Morgan fingerprint density at radius 2 is 1.75 bits per heavy atom. The lowest BCUT2D eigenvalue weighted by molar-refractivity contribution is -0.140. The topological polar surface area (TPSA) is 66.4 Å². The molecule has 0 aromatic carbocycles. The highest BCUT2D eigenvalue weighted by molar-refractivity contribution is 5.89. The standard InChI is InChI=1S/C12H19NO3/c1-7-2-4-8(5-3-7)13-11(14)9-6-10(9)12(15)16/h7-10H,2-6H2,1H3,(H,13,14)(H,15,16). The molecule has 2 atom stereocenters. The highest BCUT2D eigenvalue weighted by Gasteiger charge is 2.48. The smallest absolute Gasteiger partial charge is 0.307 e. The van der Waals surface area contributed by atoms with E-state index in [-0.39, 0.29) is 17.9 Å². The fourth-order valence-electron chi connectivity index (χ4n) is 2.47. The number of carboxylic acid groups (broad SMARTS) is 1. The second-order valence-electron chi connectivity index (χ2n) is 5.25. The molecule has 0 radical (unpaired) electrons. The molecule has 2 aliphatic carbocycles. The summed E-state index contributed by atoms with van der Waals surface area (Å²) >= 11 is 0. The Morgan fingerprint density at radius 1 is 1.12 bits per heavy atom. The molecule has 2 rings (SSSR count). The maximum absolute atomic E-state index is 11.7. The van der Waals surface area contributed by atoms with Crippen molar-refractivity contribution in [1.29, 1.82) is 0 Å². The molecule has 90 valence electrons. The first kappa shape index (κ1) is 11.4. The Labute approximate surface area is 95.4 Å². The normalized spacial score (nSPS) is 37.8. The van der Waals surface area contributed by atoms with Crippen LogP contribution >= 0.6 is 0 Å². The monoisotopic (exact) mass is 225 g/mol. The summed E-state index contributed by atoms with van der Waals surface area (Å²) in [7, 11) is 0. The first-order valence-corrected chi connectivity index (χ1v) is 6.11. The van der Waals surface area contributed by atoms with Crippen molar-refractivity contribution in [3.05, 3.63) is 0 Å². The van der Waals surface area contributed by atoms with Gasteiger partial charge in [0, 0.05) is 6.04 Å². The summed E-state index contributed by atoms with van der Waals surface area (Å²) < 4.78 is 0. The summed E-state index contributed by atoms with van der Waals surface area (Å²) in [5.74, 6) is -0.815. The van der Waals surface area contributed by atoms with Crippen molar-refractivity contribution in [3.63, 3.8) is 0 Å². The van der Waals surface area contributed by atoms with Crippen LogP contribution in [-0.4, -0.2) is 23.0 Å². The number of amides is 1. The maximum atomic E-state index is 11.7. The predicted molar refractivity (Wildman–Crippen MR) is 58.8 cm³/mol. The third-order valence-corrected chi connectivity index (χ3v) is 3.81. The summed E-state index contributed by atoms with van der Waals surface area (Å²) in [5, 5.41) is 11.7. The minimum absolute atomic E-state index is 0.0491. The molecule has 0 aromatic rings. The molecule has 4 nitrogen and oxygen atoms in total. The van der Waals surface area contributed by atoms with Gasteiger partial charge >= 0.3 is 5.97 Å². The number of nitrogens with one attached hydrogen (secondary N) is 1. The fraction of sp³-hybridized carbons (Fsp3) is 0.833. The Bertz CT molecular complexity index is 295. The lowest BCUT2D eigenvalue weighted by Crippen LogP contribution is -2.38. The number of hydrogen-bond donors (Lipinski definition) is 2. The van der Waals surface area contributed by atoms with E-state index in [0.717, 1.165) is 31.6 Å². The fourth-order valence-corrected chi connectivity index (χ4v) is 2.47. The molecule has 2 saturated carbocycles. The third-order valence-electron chi connectivity index (χ3n) is 3.81. The van der Waals surface area contributed by atoms with Crippen molar-refractivity contribution in [2.75, 3.05) is 0 Å². The van der Waals surface area contributed by atoms with Crippen molar-refractivity contribution in [1.82, 2.24) is 5.32 Å². The van der Waals surface area contributed by atoms with Crippen molar-refractivity contribution in [2.45, 2.75) is 45.1 Å². The summed E-state index contributed by atoms with van der Waals surface area (Å²) in [6, 6.07) is 0.277.